The SMILES string of the molecule is O=C(O)c1[nH]oc(=O)c1-c1ccccc1Br. The van der Waals surface area contributed by atoms with Crippen molar-refractivity contribution in [1.82, 2.24) is 5.16 Å². The molecule has 1 heterocycles. The van der Waals surface area contributed by atoms with Crippen LogP contribution < -0.4 is 5.63 Å². The van der Waals surface area contributed by atoms with Gasteiger partial charge in [0.15, 0.2) is 5.69 Å². The Hall–Kier alpha value is -1.82. The molecule has 0 amide bonds. The zero-order valence-electron chi connectivity index (χ0n) is 7.86. The van der Waals surface area contributed by atoms with Crippen molar-refractivity contribution in [3.63, 3.8) is 0 Å². The number of nitrogens with one attached hydrogen (secondary N) is 1. The molecule has 0 atom stereocenters. The van der Waals surface area contributed by atoms with Crippen LogP contribution in [0.5, 0.6) is 0 Å². The average Bonchev–Trinajstić information content (AvgIpc) is 2.61. The molecule has 1 aromatic carbocycles. The number of carboxylic acids is 1. The molecule has 0 aliphatic carbocycles. The molecule has 0 saturated carbocycles. The van der Waals surface area contributed by atoms with E-state index in [-0.39, 0.29) is 11.3 Å². The first-order valence-electron chi connectivity index (χ1n) is 4.31. The minimum Gasteiger partial charge on any atom is -0.476 e. The van der Waals surface area contributed by atoms with Gasteiger partial charge >= 0.3 is 11.6 Å². The highest BCUT2D eigenvalue weighted by atomic mass is 79.9. The normalized spacial score (nSPS) is 10.3. The Morgan fingerprint density at radius 2 is 2.06 bits per heavy atom. The molecule has 0 fully saturated rings. The Labute approximate surface area is 97.8 Å². The lowest BCUT2D eigenvalue weighted by atomic mass is 10.1. The fourth-order valence-corrected chi connectivity index (χ4v) is 1.84. The van der Waals surface area contributed by atoms with Crippen LogP contribution in [-0.2, 0) is 0 Å². The van der Waals surface area contributed by atoms with Gasteiger partial charge in [-0.2, -0.15) is 0 Å². The fourth-order valence-electron chi connectivity index (χ4n) is 1.36. The summed E-state index contributed by atoms with van der Waals surface area (Å²) in [4.78, 5) is 22.3. The maximum absolute atomic E-state index is 11.4. The molecule has 0 unspecified atom stereocenters. The summed E-state index contributed by atoms with van der Waals surface area (Å²) in [6.07, 6.45) is 0. The van der Waals surface area contributed by atoms with Crippen LogP contribution >= 0.6 is 15.9 Å². The molecule has 82 valence electrons. The molecule has 0 bridgehead atoms. The second kappa shape index (κ2) is 3.97. The van der Waals surface area contributed by atoms with Gasteiger partial charge in [0.1, 0.15) is 5.56 Å². The first-order chi connectivity index (χ1) is 7.61. The Morgan fingerprint density at radius 3 is 2.69 bits per heavy atom. The number of benzene rings is 1. The molecule has 0 saturated heterocycles. The highest BCUT2D eigenvalue weighted by molar-refractivity contribution is 9.10. The predicted octanol–water partition coefficient (Wildman–Crippen LogP) is 2.10. The third-order valence-corrected chi connectivity index (χ3v) is 2.75. The van der Waals surface area contributed by atoms with Crippen LogP contribution in [0.25, 0.3) is 11.1 Å². The number of carboxylic acid groups (broad SMARTS) is 1. The van der Waals surface area contributed by atoms with Crippen molar-refractivity contribution in [2.45, 2.75) is 0 Å². The van der Waals surface area contributed by atoms with Crippen molar-refractivity contribution < 1.29 is 14.4 Å². The Bertz CT molecular complexity index is 599. The summed E-state index contributed by atoms with van der Waals surface area (Å²) in [7, 11) is 0. The molecule has 2 rings (SSSR count). The van der Waals surface area contributed by atoms with Gasteiger partial charge in [0.2, 0.25) is 0 Å². The highest BCUT2D eigenvalue weighted by Gasteiger charge is 2.21. The molecule has 6 heteroatoms. The number of aromatic amines is 1. The van der Waals surface area contributed by atoms with Crippen molar-refractivity contribution in [3.8, 4) is 11.1 Å². The lowest BCUT2D eigenvalue weighted by Gasteiger charge is -2.00. The minimum atomic E-state index is -1.24. The molecule has 0 aliphatic heterocycles. The number of halogens is 1. The van der Waals surface area contributed by atoms with E-state index in [2.05, 4.69) is 25.6 Å². The summed E-state index contributed by atoms with van der Waals surface area (Å²) < 4.78 is 5.11. The van der Waals surface area contributed by atoms with Gasteiger partial charge in [-0.1, -0.05) is 34.1 Å². The zero-order chi connectivity index (χ0) is 11.7. The first kappa shape index (κ1) is 10.7. The standard InChI is InChI=1S/C10H6BrNO4/c11-6-4-2-1-3-5(6)7-8(9(13)14)12-16-10(7)15/h1-4,12H,(H,13,14). The van der Waals surface area contributed by atoms with E-state index in [1.807, 2.05) is 0 Å². The van der Waals surface area contributed by atoms with E-state index >= 15 is 0 Å². The lowest BCUT2D eigenvalue weighted by Crippen LogP contribution is -2.04. The van der Waals surface area contributed by atoms with Crippen molar-refractivity contribution in [2.75, 3.05) is 0 Å². The molecule has 0 spiro atoms. The molecule has 5 nitrogen and oxygen atoms in total. The molecule has 2 N–H and O–H groups in total. The van der Waals surface area contributed by atoms with Gasteiger partial charge in [0, 0.05) is 10.0 Å². The van der Waals surface area contributed by atoms with Crippen LogP contribution in [0.3, 0.4) is 0 Å². The summed E-state index contributed by atoms with van der Waals surface area (Å²) in [5.74, 6) is -1.24. The Balaban J connectivity index is 2.74. The van der Waals surface area contributed by atoms with Gasteiger partial charge in [-0.3, -0.25) is 0 Å². The maximum Gasteiger partial charge on any atom is 0.365 e. The van der Waals surface area contributed by atoms with Crippen LogP contribution in [0.4, 0.5) is 0 Å². The summed E-state index contributed by atoms with van der Waals surface area (Å²) in [6.45, 7) is 0. The second-order valence-electron chi connectivity index (χ2n) is 3.03. The number of H-pyrrole nitrogens is 1. The first-order valence-corrected chi connectivity index (χ1v) is 5.10. The number of carbonyl (C=O) groups is 1. The van der Waals surface area contributed by atoms with Crippen LogP contribution in [-0.4, -0.2) is 16.2 Å². The number of hydrogen-bond donors (Lipinski definition) is 2. The average molecular weight is 284 g/mol. The second-order valence-corrected chi connectivity index (χ2v) is 3.88. The quantitative estimate of drug-likeness (QED) is 0.884. The van der Waals surface area contributed by atoms with E-state index in [0.29, 0.717) is 10.0 Å². The van der Waals surface area contributed by atoms with Gasteiger partial charge in [-0.05, 0) is 6.07 Å². The Morgan fingerprint density at radius 1 is 1.38 bits per heavy atom. The van der Waals surface area contributed by atoms with Crippen LogP contribution in [0.1, 0.15) is 10.5 Å². The van der Waals surface area contributed by atoms with Gasteiger partial charge in [-0.15, -0.1) is 0 Å². The summed E-state index contributed by atoms with van der Waals surface area (Å²) in [5, 5.41) is 11.0. The molecular formula is C10H6BrNO4. The molecule has 1 aromatic heterocycles. The molecule has 16 heavy (non-hydrogen) atoms. The van der Waals surface area contributed by atoms with Crippen molar-refractivity contribution in [3.05, 3.63) is 44.9 Å². The fraction of sp³-hybridized carbons (Fsp3) is 0. The minimum absolute atomic E-state index is 0.0139. The van der Waals surface area contributed by atoms with Gasteiger partial charge in [0.25, 0.3) is 0 Å². The van der Waals surface area contributed by atoms with Crippen molar-refractivity contribution in [1.29, 1.82) is 0 Å². The topological polar surface area (TPSA) is 83.3 Å². The lowest BCUT2D eigenvalue weighted by molar-refractivity contribution is 0.0686. The third-order valence-electron chi connectivity index (χ3n) is 2.06. The van der Waals surface area contributed by atoms with Crippen molar-refractivity contribution in [2.24, 2.45) is 0 Å². The van der Waals surface area contributed by atoms with E-state index < -0.39 is 11.6 Å². The molecule has 0 radical (unpaired) electrons. The summed E-state index contributed by atoms with van der Waals surface area (Å²) in [6, 6.07) is 6.82. The number of aromatic carboxylic acids is 1. The monoisotopic (exact) mass is 283 g/mol. The predicted molar refractivity (Wildman–Crippen MR) is 59.4 cm³/mol. The van der Waals surface area contributed by atoms with Gasteiger partial charge in [0.05, 0.1) is 0 Å². The number of hydrogen-bond acceptors (Lipinski definition) is 3. The van der Waals surface area contributed by atoms with Crippen LogP contribution in [0.15, 0.2) is 38.1 Å². The summed E-state index contributed by atoms with van der Waals surface area (Å²) in [5.41, 5.74) is -0.462. The van der Waals surface area contributed by atoms with E-state index in [4.69, 9.17) is 5.11 Å². The highest BCUT2D eigenvalue weighted by Crippen LogP contribution is 2.27. The van der Waals surface area contributed by atoms with E-state index in [1.165, 1.54) is 0 Å². The van der Waals surface area contributed by atoms with Gasteiger partial charge in [-0.25, -0.2) is 14.7 Å². The summed E-state index contributed by atoms with van der Waals surface area (Å²) >= 11 is 3.25. The van der Waals surface area contributed by atoms with Crippen molar-refractivity contribution >= 4 is 21.9 Å². The van der Waals surface area contributed by atoms with Gasteiger partial charge < -0.3 is 9.63 Å². The Kier molecular flexibility index (Phi) is 2.66. The smallest absolute Gasteiger partial charge is 0.365 e. The van der Waals surface area contributed by atoms with Crippen LogP contribution in [0, 0.1) is 0 Å². The van der Waals surface area contributed by atoms with E-state index in [9.17, 15) is 9.59 Å². The van der Waals surface area contributed by atoms with Crippen LogP contribution in [0.2, 0.25) is 0 Å². The molecule has 2 aromatic rings. The van der Waals surface area contributed by atoms with E-state index in [1.54, 1.807) is 24.3 Å². The largest absolute Gasteiger partial charge is 0.476 e. The molecule has 0 aliphatic rings. The third kappa shape index (κ3) is 1.67. The van der Waals surface area contributed by atoms with E-state index in [0.717, 1.165) is 0 Å². The molecular weight excluding hydrogens is 278 g/mol. The maximum atomic E-state index is 11.4. The number of aromatic nitrogens is 1. The zero-order valence-corrected chi connectivity index (χ0v) is 9.45. The number of rotatable bonds is 2.